The van der Waals surface area contributed by atoms with Crippen molar-refractivity contribution < 1.29 is 14.7 Å². The summed E-state index contributed by atoms with van der Waals surface area (Å²) in [5.74, 6) is -1.25. The van der Waals surface area contributed by atoms with Crippen LogP contribution in [-0.4, -0.2) is 35.1 Å². The number of carboxylic acid groups (broad SMARTS) is 1. The van der Waals surface area contributed by atoms with E-state index < -0.39 is 11.9 Å². The van der Waals surface area contributed by atoms with Gasteiger partial charge in [0.1, 0.15) is 0 Å². The predicted molar refractivity (Wildman–Crippen MR) is 75.3 cm³/mol. The van der Waals surface area contributed by atoms with Gasteiger partial charge in [0, 0.05) is 19.6 Å². The van der Waals surface area contributed by atoms with E-state index >= 15 is 0 Å². The first-order valence-corrected chi connectivity index (χ1v) is 6.87. The lowest BCUT2D eigenvalue weighted by atomic mass is 9.99. The van der Waals surface area contributed by atoms with Gasteiger partial charge in [-0.1, -0.05) is 29.8 Å². The second kappa shape index (κ2) is 6.41. The first-order chi connectivity index (χ1) is 9.56. The molecule has 0 spiro atoms. The lowest BCUT2D eigenvalue weighted by Gasteiger charge is -2.30. The number of carbonyl (C=O) groups is 2. The van der Waals surface area contributed by atoms with Gasteiger partial charge in [-0.25, -0.2) is 4.79 Å². The zero-order valence-corrected chi connectivity index (χ0v) is 11.6. The van der Waals surface area contributed by atoms with Crippen LogP contribution in [0.15, 0.2) is 24.3 Å². The largest absolute Gasteiger partial charge is 0.481 e. The molecule has 1 aliphatic heterocycles. The Balaban J connectivity index is 1.87. The number of urea groups is 1. The Morgan fingerprint density at radius 1 is 1.45 bits per heavy atom. The van der Waals surface area contributed by atoms with Crippen LogP contribution >= 0.6 is 0 Å². The molecule has 1 heterocycles. The molecular formula is C15H20N2O3. The summed E-state index contributed by atoms with van der Waals surface area (Å²) < 4.78 is 0. The Hall–Kier alpha value is -2.04. The fraction of sp³-hybridized carbons (Fsp3) is 0.467. The molecule has 20 heavy (non-hydrogen) atoms. The van der Waals surface area contributed by atoms with E-state index in [0.717, 1.165) is 17.5 Å². The van der Waals surface area contributed by atoms with Crippen LogP contribution in [0.1, 0.15) is 24.0 Å². The SMILES string of the molecule is Cc1cccc(CNC(=O)N2CCC[C@H](C(=O)O)C2)c1. The van der Waals surface area contributed by atoms with Gasteiger partial charge < -0.3 is 15.3 Å². The van der Waals surface area contributed by atoms with E-state index in [2.05, 4.69) is 5.32 Å². The van der Waals surface area contributed by atoms with E-state index in [1.165, 1.54) is 0 Å². The Bertz CT molecular complexity index is 502. The molecule has 1 saturated heterocycles. The maximum atomic E-state index is 12.0. The van der Waals surface area contributed by atoms with Gasteiger partial charge in [0.05, 0.1) is 5.92 Å². The molecule has 0 saturated carbocycles. The van der Waals surface area contributed by atoms with E-state index in [1.807, 2.05) is 31.2 Å². The van der Waals surface area contributed by atoms with Gasteiger partial charge in [0.25, 0.3) is 0 Å². The lowest BCUT2D eigenvalue weighted by molar-refractivity contribution is -0.143. The highest BCUT2D eigenvalue weighted by Crippen LogP contribution is 2.16. The minimum Gasteiger partial charge on any atom is -0.481 e. The minimum atomic E-state index is -0.818. The first kappa shape index (κ1) is 14.4. The highest BCUT2D eigenvalue weighted by atomic mass is 16.4. The van der Waals surface area contributed by atoms with Crippen molar-refractivity contribution in [2.45, 2.75) is 26.3 Å². The summed E-state index contributed by atoms with van der Waals surface area (Å²) >= 11 is 0. The van der Waals surface area contributed by atoms with Gasteiger partial charge in [0.15, 0.2) is 0 Å². The van der Waals surface area contributed by atoms with Crippen LogP contribution < -0.4 is 5.32 Å². The fourth-order valence-corrected chi connectivity index (χ4v) is 2.47. The molecule has 1 fully saturated rings. The molecule has 0 aliphatic carbocycles. The number of nitrogens with zero attached hydrogens (tertiary/aromatic N) is 1. The number of carbonyl (C=O) groups excluding carboxylic acids is 1. The van der Waals surface area contributed by atoms with Crippen molar-refractivity contribution in [3.63, 3.8) is 0 Å². The Kier molecular flexibility index (Phi) is 4.61. The third-order valence-corrected chi connectivity index (χ3v) is 3.58. The van der Waals surface area contributed by atoms with Gasteiger partial charge >= 0.3 is 12.0 Å². The van der Waals surface area contributed by atoms with E-state index in [1.54, 1.807) is 4.90 Å². The second-order valence-electron chi connectivity index (χ2n) is 5.27. The average Bonchev–Trinajstić information content (AvgIpc) is 2.45. The number of hydrogen-bond donors (Lipinski definition) is 2. The minimum absolute atomic E-state index is 0.183. The van der Waals surface area contributed by atoms with Crippen LogP contribution in [0.4, 0.5) is 4.79 Å². The Morgan fingerprint density at radius 2 is 2.25 bits per heavy atom. The molecule has 5 heteroatoms. The highest BCUT2D eigenvalue weighted by Gasteiger charge is 2.27. The number of rotatable bonds is 3. The van der Waals surface area contributed by atoms with Gasteiger partial charge in [-0.3, -0.25) is 4.79 Å². The summed E-state index contributed by atoms with van der Waals surface area (Å²) in [6.07, 6.45) is 1.39. The maximum absolute atomic E-state index is 12.0. The molecule has 0 bridgehead atoms. The molecule has 5 nitrogen and oxygen atoms in total. The van der Waals surface area contributed by atoms with E-state index in [4.69, 9.17) is 5.11 Å². The maximum Gasteiger partial charge on any atom is 0.317 e. The van der Waals surface area contributed by atoms with Crippen molar-refractivity contribution in [1.29, 1.82) is 0 Å². The van der Waals surface area contributed by atoms with Crippen LogP contribution in [-0.2, 0) is 11.3 Å². The third kappa shape index (κ3) is 3.73. The molecule has 1 aromatic carbocycles. The number of aliphatic carboxylic acids is 1. The number of likely N-dealkylation sites (tertiary alicyclic amines) is 1. The van der Waals surface area contributed by atoms with Gasteiger partial charge in [-0.05, 0) is 25.3 Å². The van der Waals surface area contributed by atoms with Crippen LogP contribution in [0, 0.1) is 12.8 Å². The zero-order chi connectivity index (χ0) is 14.5. The number of hydrogen-bond acceptors (Lipinski definition) is 2. The van der Waals surface area contributed by atoms with Crippen molar-refractivity contribution in [3.05, 3.63) is 35.4 Å². The standard InChI is InChI=1S/C15H20N2O3/c1-11-4-2-5-12(8-11)9-16-15(20)17-7-3-6-13(10-17)14(18)19/h2,4-5,8,13H,3,6-7,9-10H2,1H3,(H,16,20)(H,18,19)/t13-/m0/s1. The van der Waals surface area contributed by atoms with E-state index in [-0.39, 0.29) is 6.03 Å². The molecular weight excluding hydrogens is 256 g/mol. The number of piperidine rings is 1. The summed E-state index contributed by atoms with van der Waals surface area (Å²) in [6.45, 7) is 3.40. The smallest absolute Gasteiger partial charge is 0.317 e. The molecule has 0 aromatic heterocycles. The second-order valence-corrected chi connectivity index (χ2v) is 5.27. The molecule has 0 unspecified atom stereocenters. The van der Waals surface area contributed by atoms with Crippen molar-refractivity contribution >= 4 is 12.0 Å². The molecule has 1 atom stereocenters. The van der Waals surface area contributed by atoms with E-state index in [9.17, 15) is 9.59 Å². The number of aryl methyl sites for hydroxylation is 1. The number of amides is 2. The molecule has 0 radical (unpaired) electrons. The fourth-order valence-electron chi connectivity index (χ4n) is 2.47. The van der Waals surface area contributed by atoms with Crippen LogP contribution in [0.2, 0.25) is 0 Å². The number of carboxylic acids is 1. The summed E-state index contributed by atoms with van der Waals surface area (Å²) in [5, 5.41) is 11.9. The van der Waals surface area contributed by atoms with Crippen LogP contribution in [0.3, 0.4) is 0 Å². The molecule has 2 amide bonds. The monoisotopic (exact) mass is 276 g/mol. The van der Waals surface area contributed by atoms with Crippen molar-refractivity contribution in [3.8, 4) is 0 Å². The average molecular weight is 276 g/mol. The van der Waals surface area contributed by atoms with Crippen molar-refractivity contribution in [2.75, 3.05) is 13.1 Å². The number of benzene rings is 1. The normalized spacial score (nSPS) is 18.6. The molecule has 2 rings (SSSR count). The predicted octanol–water partition coefficient (Wildman–Crippen LogP) is 2.00. The van der Waals surface area contributed by atoms with Gasteiger partial charge in [0.2, 0.25) is 0 Å². The zero-order valence-electron chi connectivity index (χ0n) is 11.6. The van der Waals surface area contributed by atoms with Gasteiger partial charge in [-0.15, -0.1) is 0 Å². The highest BCUT2D eigenvalue weighted by molar-refractivity contribution is 5.76. The molecule has 1 aromatic rings. The van der Waals surface area contributed by atoms with Crippen molar-refractivity contribution in [2.24, 2.45) is 5.92 Å². The van der Waals surface area contributed by atoms with Crippen LogP contribution in [0.25, 0.3) is 0 Å². The van der Waals surface area contributed by atoms with Crippen molar-refractivity contribution in [1.82, 2.24) is 10.2 Å². The summed E-state index contributed by atoms with van der Waals surface area (Å²) in [7, 11) is 0. The van der Waals surface area contributed by atoms with Gasteiger partial charge in [-0.2, -0.15) is 0 Å². The Labute approximate surface area is 118 Å². The molecule has 1 aliphatic rings. The summed E-state index contributed by atoms with van der Waals surface area (Å²) in [5.41, 5.74) is 2.20. The molecule has 108 valence electrons. The third-order valence-electron chi connectivity index (χ3n) is 3.58. The first-order valence-electron chi connectivity index (χ1n) is 6.87. The quantitative estimate of drug-likeness (QED) is 0.887. The summed E-state index contributed by atoms with van der Waals surface area (Å²) in [6, 6.07) is 7.77. The number of nitrogens with one attached hydrogen (secondary N) is 1. The Morgan fingerprint density at radius 3 is 2.95 bits per heavy atom. The van der Waals surface area contributed by atoms with E-state index in [0.29, 0.717) is 26.1 Å². The lowest BCUT2D eigenvalue weighted by Crippen LogP contribution is -2.46. The van der Waals surface area contributed by atoms with Crippen LogP contribution in [0.5, 0.6) is 0 Å². The summed E-state index contributed by atoms with van der Waals surface area (Å²) in [4.78, 5) is 24.6. The topological polar surface area (TPSA) is 69.6 Å². The molecule has 2 N–H and O–H groups in total.